The first-order valence-corrected chi connectivity index (χ1v) is 6.12. The summed E-state index contributed by atoms with van der Waals surface area (Å²) in [6, 6.07) is 7.36. The molecule has 0 bridgehead atoms. The highest BCUT2D eigenvalue weighted by molar-refractivity contribution is 5.94. The fraction of sp³-hybridized carbons (Fsp3) is 0.286. The molecule has 1 aromatic carbocycles. The van der Waals surface area contributed by atoms with E-state index in [4.69, 9.17) is 5.73 Å². The van der Waals surface area contributed by atoms with E-state index in [1.54, 1.807) is 30.3 Å². The highest BCUT2D eigenvalue weighted by Crippen LogP contribution is 2.08. The molecular formula is C14H18N4O. The van der Waals surface area contributed by atoms with Gasteiger partial charge in [0.1, 0.15) is 5.82 Å². The maximum absolute atomic E-state index is 12.2. The molecule has 2 rings (SSSR count). The smallest absolute Gasteiger partial charge is 0.254 e. The Balaban J connectivity index is 2.08. The molecule has 0 saturated carbocycles. The number of rotatable bonds is 4. The number of hydrogen-bond donors (Lipinski definition) is 1. The Morgan fingerprint density at radius 3 is 2.58 bits per heavy atom. The number of imidazole rings is 1. The van der Waals surface area contributed by atoms with Gasteiger partial charge in [0.2, 0.25) is 0 Å². The topological polar surface area (TPSA) is 64.2 Å². The molecular weight excluding hydrogens is 240 g/mol. The molecule has 0 spiro atoms. The number of hydrogen-bond acceptors (Lipinski definition) is 3. The first-order valence-electron chi connectivity index (χ1n) is 6.12. The van der Waals surface area contributed by atoms with Gasteiger partial charge in [-0.25, -0.2) is 4.98 Å². The lowest BCUT2D eigenvalue weighted by Gasteiger charge is -2.17. The lowest BCUT2D eigenvalue weighted by atomic mass is 10.1. The maximum Gasteiger partial charge on any atom is 0.254 e. The van der Waals surface area contributed by atoms with Crippen LogP contribution >= 0.6 is 0 Å². The van der Waals surface area contributed by atoms with Gasteiger partial charge < -0.3 is 15.2 Å². The predicted molar refractivity (Wildman–Crippen MR) is 73.3 cm³/mol. The van der Waals surface area contributed by atoms with Crippen LogP contribution in [0, 0.1) is 0 Å². The number of aromatic nitrogens is 2. The quantitative estimate of drug-likeness (QED) is 0.894. The van der Waals surface area contributed by atoms with Crippen molar-refractivity contribution in [3.63, 3.8) is 0 Å². The van der Waals surface area contributed by atoms with E-state index in [9.17, 15) is 4.79 Å². The molecule has 2 N–H and O–H groups in total. The van der Waals surface area contributed by atoms with Crippen LogP contribution in [0.25, 0.3) is 0 Å². The van der Waals surface area contributed by atoms with Crippen molar-refractivity contribution in [1.82, 2.24) is 14.5 Å². The summed E-state index contributed by atoms with van der Waals surface area (Å²) < 4.78 is 1.90. The van der Waals surface area contributed by atoms with Crippen LogP contribution < -0.4 is 5.73 Å². The lowest BCUT2D eigenvalue weighted by molar-refractivity contribution is 0.0780. The Labute approximate surface area is 112 Å². The van der Waals surface area contributed by atoms with Gasteiger partial charge in [0.15, 0.2) is 0 Å². The number of carbonyl (C=O) groups is 1. The van der Waals surface area contributed by atoms with Crippen molar-refractivity contribution < 1.29 is 4.79 Å². The minimum absolute atomic E-state index is 0.0217. The van der Waals surface area contributed by atoms with Crippen molar-refractivity contribution in [1.29, 1.82) is 0 Å². The van der Waals surface area contributed by atoms with Crippen LogP contribution in [0.15, 0.2) is 36.7 Å². The van der Waals surface area contributed by atoms with Crippen LogP contribution in [-0.2, 0) is 20.1 Å². The molecule has 2 aromatic rings. The van der Waals surface area contributed by atoms with Gasteiger partial charge in [-0.1, -0.05) is 12.1 Å². The van der Waals surface area contributed by atoms with Gasteiger partial charge in [0, 0.05) is 38.6 Å². The molecule has 19 heavy (non-hydrogen) atoms. The Morgan fingerprint density at radius 2 is 2.05 bits per heavy atom. The summed E-state index contributed by atoms with van der Waals surface area (Å²) in [5, 5.41) is 0. The molecule has 1 amide bonds. The average Bonchev–Trinajstić information content (AvgIpc) is 2.83. The Morgan fingerprint density at radius 1 is 1.37 bits per heavy atom. The number of carbonyl (C=O) groups excluding carboxylic acids is 1. The number of nitrogens with zero attached hydrogens (tertiary/aromatic N) is 3. The largest absolute Gasteiger partial charge is 0.337 e. The monoisotopic (exact) mass is 258 g/mol. The fourth-order valence-electron chi connectivity index (χ4n) is 1.84. The second kappa shape index (κ2) is 5.67. The molecule has 1 aromatic heterocycles. The zero-order valence-electron chi connectivity index (χ0n) is 11.2. The minimum atomic E-state index is -0.0217. The Kier molecular flexibility index (Phi) is 3.97. The van der Waals surface area contributed by atoms with Crippen molar-refractivity contribution >= 4 is 5.91 Å². The molecule has 5 nitrogen and oxygen atoms in total. The Bertz CT molecular complexity index is 559. The molecule has 100 valence electrons. The van der Waals surface area contributed by atoms with Gasteiger partial charge in [-0.05, 0) is 17.7 Å². The molecule has 0 aliphatic carbocycles. The van der Waals surface area contributed by atoms with Crippen LogP contribution in [0.5, 0.6) is 0 Å². The van der Waals surface area contributed by atoms with Gasteiger partial charge in [0.05, 0.1) is 6.54 Å². The summed E-state index contributed by atoms with van der Waals surface area (Å²) in [7, 11) is 3.69. The van der Waals surface area contributed by atoms with Crippen molar-refractivity contribution in [2.75, 3.05) is 7.05 Å². The number of nitrogens with two attached hydrogens (primary N) is 1. The first kappa shape index (κ1) is 13.3. The third kappa shape index (κ3) is 3.00. The van der Waals surface area contributed by atoms with E-state index in [0.717, 1.165) is 11.4 Å². The molecule has 5 heteroatoms. The SMILES string of the molecule is CN(Cc1nccn1C)C(=O)c1ccc(CN)cc1. The molecule has 0 unspecified atom stereocenters. The van der Waals surface area contributed by atoms with Crippen molar-refractivity contribution in [3.05, 3.63) is 53.6 Å². The van der Waals surface area contributed by atoms with E-state index in [2.05, 4.69) is 4.98 Å². The second-order valence-electron chi connectivity index (χ2n) is 4.52. The standard InChI is InChI=1S/C14H18N4O/c1-17-8-7-16-13(17)10-18(2)14(19)12-5-3-11(9-15)4-6-12/h3-8H,9-10,15H2,1-2H3. The predicted octanol–water partition coefficient (Wildman–Crippen LogP) is 1.15. The zero-order chi connectivity index (χ0) is 13.8. The number of aryl methyl sites for hydroxylation is 1. The van der Waals surface area contributed by atoms with Gasteiger partial charge in [-0.3, -0.25) is 4.79 Å². The second-order valence-corrected chi connectivity index (χ2v) is 4.52. The van der Waals surface area contributed by atoms with E-state index in [1.807, 2.05) is 29.9 Å². The van der Waals surface area contributed by atoms with Gasteiger partial charge in [-0.15, -0.1) is 0 Å². The molecule has 0 radical (unpaired) electrons. The van der Waals surface area contributed by atoms with Crippen molar-refractivity contribution in [2.24, 2.45) is 12.8 Å². The summed E-state index contributed by atoms with van der Waals surface area (Å²) in [6.07, 6.45) is 3.59. The zero-order valence-corrected chi connectivity index (χ0v) is 11.2. The van der Waals surface area contributed by atoms with E-state index in [1.165, 1.54) is 0 Å². The summed E-state index contributed by atoms with van der Waals surface area (Å²) >= 11 is 0. The molecule has 0 fully saturated rings. The molecule has 0 atom stereocenters. The van der Waals surface area contributed by atoms with E-state index < -0.39 is 0 Å². The van der Waals surface area contributed by atoms with E-state index in [0.29, 0.717) is 18.7 Å². The summed E-state index contributed by atoms with van der Waals surface area (Å²) in [5.41, 5.74) is 7.21. The van der Waals surface area contributed by atoms with Crippen LogP contribution in [0.2, 0.25) is 0 Å². The minimum Gasteiger partial charge on any atom is -0.337 e. The molecule has 0 aliphatic heterocycles. The average molecular weight is 258 g/mol. The molecule has 1 heterocycles. The van der Waals surface area contributed by atoms with Crippen LogP contribution in [0.4, 0.5) is 0 Å². The van der Waals surface area contributed by atoms with Crippen LogP contribution in [0.3, 0.4) is 0 Å². The Hall–Kier alpha value is -2.14. The highest BCUT2D eigenvalue weighted by atomic mass is 16.2. The summed E-state index contributed by atoms with van der Waals surface area (Å²) in [6.45, 7) is 0.971. The van der Waals surface area contributed by atoms with Gasteiger partial charge in [-0.2, -0.15) is 0 Å². The summed E-state index contributed by atoms with van der Waals surface area (Å²) in [5.74, 6) is 0.834. The lowest BCUT2D eigenvalue weighted by Crippen LogP contribution is -2.27. The first-order chi connectivity index (χ1) is 9.11. The highest BCUT2D eigenvalue weighted by Gasteiger charge is 2.13. The fourth-order valence-corrected chi connectivity index (χ4v) is 1.84. The van der Waals surface area contributed by atoms with Gasteiger partial charge >= 0.3 is 0 Å². The summed E-state index contributed by atoms with van der Waals surface area (Å²) in [4.78, 5) is 18.1. The van der Waals surface area contributed by atoms with Crippen molar-refractivity contribution in [3.8, 4) is 0 Å². The third-order valence-corrected chi connectivity index (χ3v) is 3.08. The maximum atomic E-state index is 12.2. The molecule has 0 saturated heterocycles. The van der Waals surface area contributed by atoms with Gasteiger partial charge in [0.25, 0.3) is 5.91 Å². The third-order valence-electron chi connectivity index (χ3n) is 3.08. The number of amides is 1. The van der Waals surface area contributed by atoms with E-state index >= 15 is 0 Å². The van der Waals surface area contributed by atoms with Crippen LogP contribution in [-0.4, -0.2) is 27.4 Å². The van der Waals surface area contributed by atoms with E-state index in [-0.39, 0.29) is 5.91 Å². The van der Waals surface area contributed by atoms with Crippen molar-refractivity contribution in [2.45, 2.75) is 13.1 Å². The number of benzene rings is 1. The van der Waals surface area contributed by atoms with Crippen LogP contribution in [0.1, 0.15) is 21.7 Å². The molecule has 0 aliphatic rings. The normalized spacial score (nSPS) is 10.5.